The summed E-state index contributed by atoms with van der Waals surface area (Å²) in [6.07, 6.45) is 4.27. The van der Waals surface area contributed by atoms with Crippen LogP contribution in [0.15, 0.2) is 16.7 Å². The van der Waals surface area contributed by atoms with Crippen molar-refractivity contribution < 1.29 is 4.74 Å². The Morgan fingerprint density at radius 1 is 1.44 bits per heavy atom. The highest BCUT2D eigenvalue weighted by molar-refractivity contribution is 9.10. The highest BCUT2D eigenvalue weighted by Gasteiger charge is 2.19. The van der Waals surface area contributed by atoms with Crippen LogP contribution in [0.3, 0.4) is 0 Å². The molecule has 1 aliphatic rings. The number of aromatic nitrogens is 1. The van der Waals surface area contributed by atoms with Gasteiger partial charge in [0, 0.05) is 29.3 Å². The highest BCUT2D eigenvalue weighted by Crippen LogP contribution is 2.25. The minimum absolute atomic E-state index is 0.316. The maximum absolute atomic E-state index is 5.95. The number of piperidine rings is 1. The van der Waals surface area contributed by atoms with Gasteiger partial charge in [0.1, 0.15) is 6.10 Å². The number of ether oxygens (including phenoxy) is 1. The van der Waals surface area contributed by atoms with Crippen LogP contribution in [0.5, 0.6) is 5.88 Å². The van der Waals surface area contributed by atoms with Gasteiger partial charge in [-0.3, -0.25) is 0 Å². The highest BCUT2D eigenvalue weighted by atomic mass is 79.9. The van der Waals surface area contributed by atoms with Crippen molar-refractivity contribution in [3.8, 4) is 5.88 Å². The number of halogens is 1. The van der Waals surface area contributed by atoms with Crippen molar-refractivity contribution in [1.82, 2.24) is 9.88 Å². The number of likely N-dealkylation sites (tertiary alicyclic amines) is 1. The molecule has 0 bridgehead atoms. The van der Waals surface area contributed by atoms with Crippen LogP contribution in [0.1, 0.15) is 18.4 Å². The lowest BCUT2D eigenvalue weighted by Crippen LogP contribution is -2.35. The van der Waals surface area contributed by atoms with E-state index in [0.29, 0.717) is 6.10 Å². The average molecular weight is 285 g/mol. The van der Waals surface area contributed by atoms with E-state index in [2.05, 4.69) is 32.9 Å². The second-order valence-electron chi connectivity index (χ2n) is 4.34. The third-order valence-corrected chi connectivity index (χ3v) is 3.89. The molecule has 1 saturated heterocycles. The first kappa shape index (κ1) is 11.9. The Morgan fingerprint density at radius 3 is 2.81 bits per heavy atom. The van der Waals surface area contributed by atoms with Gasteiger partial charge in [0.25, 0.3) is 0 Å². The maximum Gasteiger partial charge on any atom is 0.217 e. The predicted molar refractivity (Wildman–Crippen MR) is 67.8 cm³/mol. The third-order valence-electron chi connectivity index (χ3n) is 3.04. The lowest BCUT2D eigenvalue weighted by atomic mass is 10.1. The van der Waals surface area contributed by atoms with Gasteiger partial charge in [-0.05, 0) is 32.9 Å². The molecule has 0 aliphatic carbocycles. The van der Waals surface area contributed by atoms with Crippen LogP contribution in [-0.2, 0) is 0 Å². The van der Waals surface area contributed by atoms with E-state index in [1.165, 1.54) is 0 Å². The summed E-state index contributed by atoms with van der Waals surface area (Å²) in [5, 5.41) is 0. The van der Waals surface area contributed by atoms with Crippen LogP contribution in [0.25, 0.3) is 0 Å². The molecule has 0 spiro atoms. The van der Waals surface area contributed by atoms with Crippen LogP contribution in [0.2, 0.25) is 0 Å². The molecule has 2 rings (SSSR count). The second-order valence-corrected chi connectivity index (χ2v) is 5.20. The molecule has 88 valence electrons. The molecule has 0 saturated carbocycles. The van der Waals surface area contributed by atoms with Gasteiger partial charge >= 0.3 is 0 Å². The number of hydrogen-bond donors (Lipinski definition) is 0. The van der Waals surface area contributed by atoms with Crippen LogP contribution >= 0.6 is 15.9 Å². The first-order valence-corrected chi connectivity index (χ1v) is 6.42. The van der Waals surface area contributed by atoms with E-state index in [9.17, 15) is 0 Å². The molecule has 0 radical (unpaired) electrons. The zero-order valence-corrected chi connectivity index (χ0v) is 11.3. The summed E-state index contributed by atoms with van der Waals surface area (Å²) in [7, 11) is 2.15. The van der Waals surface area contributed by atoms with Crippen molar-refractivity contribution in [2.45, 2.75) is 25.9 Å². The summed E-state index contributed by atoms with van der Waals surface area (Å²) in [5.41, 5.74) is 1.08. The van der Waals surface area contributed by atoms with Crippen molar-refractivity contribution in [3.63, 3.8) is 0 Å². The normalized spacial score (nSPS) is 18.7. The second kappa shape index (κ2) is 5.15. The Labute approximate surface area is 105 Å². The monoisotopic (exact) mass is 284 g/mol. The van der Waals surface area contributed by atoms with Crippen LogP contribution in [0, 0.1) is 6.92 Å². The molecule has 0 aromatic carbocycles. The van der Waals surface area contributed by atoms with Gasteiger partial charge in [-0.25, -0.2) is 4.98 Å². The fraction of sp³-hybridized carbons (Fsp3) is 0.583. The molecule has 3 nitrogen and oxygen atoms in total. The first-order chi connectivity index (χ1) is 7.66. The van der Waals surface area contributed by atoms with E-state index < -0.39 is 0 Å². The van der Waals surface area contributed by atoms with Gasteiger partial charge in [0.05, 0.1) is 0 Å². The lowest BCUT2D eigenvalue weighted by Gasteiger charge is -2.29. The molecule has 0 atom stereocenters. The van der Waals surface area contributed by atoms with Crippen molar-refractivity contribution in [1.29, 1.82) is 0 Å². The minimum atomic E-state index is 0.316. The first-order valence-electron chi connectivity index (χ1n) is 5.63. The summed E-state index contributed by atoms with van der Waals surface area (Å²) in [5.74, 6) is 0.768. The van der Waals surface area contributed by atoms with E-state index in [1.54, 1.807) is 6.20 Å². The molecule has 0 unspecified atom stereocenters. The molecular formula is C12H17BrN2O. The molecule has 4 heteroatoms. The summed E-state index contributed by atoms with van der Waals surface area (Å²) >= 11 is 3.49. The third kappa shape index (κ3) is 2.74. The van der Waals surface area contributed by atoms with Crippen LogP contribution < -0.4 is 4.74 Å². The van der Waals surface area contributed by atoms with Gasteiger partial charge in [-0.1, -0.05) is 15.9 Å². The number of nitrogens with zero attached hydrogens (tertiary/aromatic N) is 2. The van der Waals surface area contributed by atoms with Crippen molar-refractivity contribution in [2.75, 3.05) is 20.1 Å². The largest absolute Gasteiger partial charge is 0.474 e. The Bertz CT molecular complexity index is 362. The van der Waals surface area contributed by atoms with Crippen LogP contribution in [-0.4, -0.2) is 36.1 Å². The van der Waals surface area contributed by atoms with Gasteiger partial charge in [0.2, 0.25) is 5.88 Å². The molecule has 0 N–H and O–H groups in total. The van der Waals surface area contributed by atoms with Crippen molar-refractivity contribution in [3.05, 3.63) is 22.3 Å². The average Bonchev–Trinajstić information content (AvgIpc) is 2.28. The molecular weight excluding hydrogens is 268 g/mol. The fourth-order valence-corrected chi connectivity index (χ4v) is 2.16. The minimum Gasteiger partial charge on any atom is -0.474 e. The Kier molecular flexibility index (Phi) is 3.82. The summed E-state index contributed by atoms with van der Waals surface area (Å²) in [6, 6.07) is 1.94. The van der Waals surface area contributed by atoms with Gasteiger partial charge in [0.15, 0.2) is 0 Å². The quantitative estimate of drug-likeness (QED) is 0.835. The molecule has 1 aromatic rings. The van der Waals surface area contributed by atoms with E-state index in [1.807, 2.05) is 13.0 Å². The summed E-state index contributed by atoms with van der Waals surface area (Å²) < 4.78 is 7.01. The number of pyridine rings is 1. The van der Waals surface area contributed by atoms with E-state index in [-0.39, 0.29) is 0 Å². The standard InChI is InChI=1S/C12H17BrN2O/c1-9-11(13)3-6-14-12(9)16-10-4-7-15(2)8-5-10/h3,6,10H,4-5,7-8H2,1-2H3. The molecule has 1 aromatic heterocycles. The predicted octanol–water partition coefficient (Wildman–Crippen LogP) is 2.63. The Morgan fingerprint density at radius 2 is 2.12 bits per heavy atom. The van der Waals surface area contributed by atoms with E-state index in [0.717, 1.165) is 41.8 Å². The van der Waals surface area contributed by atoms with Crippen molar-refractivity contribution >= 4 is 15.9 Å². The zero-order valence-electron chi connectivity index (χ0n) is 9.74. The molecule has 0 amide bonds. The van der Waals surface area contributed by atoms with E-state index >= 15 is 0 Å². The molecule has 1 fully saturated rings. The number of rotatable bonds is 2. The SMILES string of the molecule is Cc1c(Br)ccnc1OC1CCN(C)CC1. The topological polar surface area (TPSA) is 25.4 Å². The Hall–Kier alpha value is -0.610. The van der Waals surface area contributed by atoms with E-state index in [4.69, 9.17) is 4.74 Å². The molecule has 2 heterocycles. The van der Waals surface area contributed by atoms with Crippen molar-refractivity contribution in [2.24, 2.45) is 0 Å². The fourth-order valence-electron chi connectivity index (χ4n) is 1.87. The number of hydrogen-bond acceptors (Lipinski definition) is 3. The van der Waals surface area contributed by atoms with Gasteiger partial charge in [-0.2, -0.15) is 0 Å². The molecule has 16 heavy (non-hydrogen) atoms. The molecule has 1 aliphatic heterocycles. The smallest absolute Gasteiger partial charge is 0.217 e. The van der Waals surface area contributed by atoms with Crippen LogP contribution in [0.4, 0.5) is 0 Å². The maximum atomic E-state index is 5.95. The summed E-state index contributed by atoms with van der Waals surface area (Å²) in [4.78, 5) is 6.62. The Balaban J connectivity index is 2.01. The zero-order chi connectivity index (χ0) is 11.5. The van der Waals surface area contributed by atoms with Gasteiger partial charge < -0.3 is 9.64 Å². The summed E-state index contributed by atoms with van der Waals surface area (Å²) in [6.45, 7) is 4.25. The lowest BCUT2D eigenvalue weighted by molar-refractivity contribution is 0.109. The van der Waals surface area contributed by atoms with Gasteiger partial charge in [-0.15, -0.1) is 0 Å².